The lowest BCUT2D eigenvalue weighted by molar-refractivity contribution is -0.115. The molecule has 0 heterocycles. The lowest BCUT2D eigenvalue weighted by Gasteiger charge is -2.11. The number of amides is 1. The van der Waals surface area contributed by atoms with E-state index in [9.17, 15) is 4.79 Å². The van der Waals surface area contributed by atoms with E-state index in [-0.39, 0.29) is 10.7 Å². The molecule has 3 nitrogen and oxygen atoms in total. The molecule has 0 aromatic heterocycles. The second-order valence-corrected chi connectivity index (χ2v) is 4.58. The van der Waals surface area contributed by atoms with Crippen molar-refractivity contribution in [1.29, 1.82) is 5.26 Å². The Bertz CT molecular complexity index is 437. The van der Waals surface area contributed by atoms with Crippen molar-refractivity contribution in [3.8, 4) is 6.07 Å². The van der Waals surface area contributed by atoms with Crippen molar-refractivity contribution in [2.75, 3.05) is 5.32 Å². The Morgan fingerprint density at radius 1 is 1.62 bits per heavy atom. The first kappa shape index (κ1) is 12.7. The fraction of sp³-hybridized carbons (Fsp3) is 0.333. The monoisotopic (exact) mass is 280 g/mol. The molecule has 0 saturated carbocycles. The third-order valence-corrected chi connectivity index (χ3v) is 3.35. The van der Waals surface area contributed by atoms with E-state index in [0.717, 1.165) is 5.56 Å². The van der Waals surface area contributed by atoms with Crippen LogP contribution in [0.4, 0.5) is 5.69 Å². The first-order valence-corrected chi connectivity index (χ1v) is 5.96. The SMILES string of the molecule is CCC(Br)C(=O)Nc1cccc(C)c1C#N. The van der Waals surface area contributed by atoms with E-state index in [0.29, 0.717) is 17.7 Å². The Kier molecular flexibility index (Phi) is 4.51. The number of anilines is 1. The Morgan fingerprint density at radius 2 is 2.31 bits per heavy atom. The summed E-state index contributed by atoms with van der Waals surface area (Å²) in [7, 11) is 0. The molecular weight excluding hydrogens is 268 g/mol. The molecule has 0 fully saturated rings. The number of hydrogen-bond donors (Lipinski definition) is 1. The van der Waals surface area contributed by atoms with Gasteiger partial charge in [0, 0.05) is 0 Å². The molecular formula is C12H13BrN2O. The molecule has 0 aliphatic heterocycles. The van der Waals surface area contributed by atoms with Crippen molar-refractivity contribution in [1.82, 2.24) is 0 Å². The normalized spacial score (nSPS) is 11.6. The Labute approximate surface area is 104 Å². The molecule has 1 atom stereocenters. The molecule has 0 saturated heterocycles. The van der Waals surface area contributed by atoms with Crippen LogP contribution < -0.4 is 5.32 Å². The fourth-order valence-electron chi connectivity index (χ4n) is 1.32. The molecule has 0 bridgehead atoms. The van der Waals surface area contributed by atoms with Gasteiger partial charge in [-0.15, -0.1) is 0 Å². The lowest BCUT2D eigenvalue weighted by atomic mass is 10.1. The lowest BCUT2D eigenvalue weighted by Crippen LogP contribution is -2.22. The maximum absolute atomic E-state index is 11.7. The van der Waals surface area contributed by atoms with E-state index in [2.05, 4.69) is 27.3 Å². The first-order valence-electron chi connectivity index (χ1n) is 5.04. The van der Waals surface area contributed by atoms with Gasteiger partial charge in [-0.05, 0) is 25.0 Å². The molecule has 0 aliphatic rings. The number of halogens is 1. The number of nitriles is 1. The second kappa shape index (κ2) is 5.66. The van der Waals surface area contributed by atoms with Crippen molar-refractivity contribution in [2.24, 2.45) is 0 Å². The van der Waals surface area contributed by atoms with Crippen molar-refractivity contribution in [3.63, 3.8) is 0 Å². The molecule has 0 radical (unpaired) electrons. The highest BCUT2D eigenvalue weighted by atomic mass is 79.9. The molecule has 1 unspecified atom stereocenters. The molecule has 0 spiro atoms. The Balaban J connectivity index is 2.94. The average molecular weight is 281 g/mol. The molecule has 0 aliphatic carbocycles. The van der Waals surface area contributed by atoms with Gasteiger partial charge in [-0.25, -0.2) is 0 Å². The van der Waals surface area contributed by atoms with Crippen LogP contribution >= 0.6 is 15.9 Å². The van der Waals surface area contributed by atoms with Gasteiger partial charge >= 0.3 is 0 Å². The third-order valence-electron chi connectivity index (χ3n) is 2.29. The number of nitrogens with one attached hydrogen (secondary N) is 1. The van der Waals surface area contributed by atoms with E-state index in [1.807, 2.05) is 26.0 Å². The van der Waals surface area contributed by atoms with Crippen LogP contribution in [0.5, 0.6) is 0 Å². The van der Waals surface area contributed by atoms with Gasteiger partial charge in [0.2, 0.25) is 5.91 Å². The number of hydrogen-bond acceptors (Lipinski definition) is 2. The fourth-order valence-corrected chi connectivity index (χ4v) is 1.43. The highest BCUT2D eigenvalue weighted by Crippen LogP contribution is 2.19. The summed E-state index contributed by atoms with van der Waals surface area (Å²) in [6.07, 6.45) is 0.708. The predicted octanol–water partition coefficient (Wildman–Crippen LogP) is 2.98. The molecule has 1 amide bonds. The van der Waals surface area contributed by atoms with Gasteiger partial charge in [-0.1, -0.05) is 35.0 Å². The number of carbonyl (C=O) groups is 1. The van der Waals surface area contributed by atoms with Gasteiger partial charge < -0.3 is 5.32 Å². The zero-order valence-corrected chi connectivity index (χ0v) is 10.8. The summed E-state index contributed by atoms with van der Waals surface area (Å²) in [6, 6.07) is 7.50. The van der Waals surface area contributed by atoms with Gasteiger partial charge in [0.15, 0.2) is 0 Å². The van der Waals surface area contributed by atoms with Gasteiger partial charge in [0.05, 0.1) is 16.1 Å². The van der Waals surface area contributed by atoms with Gasteiger partial charge in [0.25, 0.3) is 0 Å². The van der Waals surface area contributed by atoms with Crippen LogP contribution in [0.3, 0.4) is 0 Å². The maximum Gasteiger partial charge on any atom is 0.238 e. The zero-order valence-electron chi connectivity index (χ0n) is 9.25. The molecule has 1 aromatic carbocycles. The zero-order chi connectivity index (χ0) is 12.1. The van der Waals surface area contributed by atoms with Crippen LogP contribution in [0.1, 0.15) is 24.5 Å². The quantitative estimate of drug-likeness (QED) is 0.866. The minimum Gasteiger partial charge on any atom is -0.324 e. The summed E-state index contributed by atoms with van der Waals surface area (Å²) in [5.41, 5.74) is 1.96. The summed E-state index contributed by atoms with van der Waals surface area (Å²) in [5.74, 6) is -0.121. The number of rotatable bonds is 3. The van der Waals surface area contributed by atoms with Crippen molar-refractivity contribution in [3.05, 3.63) is 29.3 Å². The summed E-state index contributed by atoms with van der Waals surface area (Å²) in [5, 5.41) is 11.7. The average Bonchev–Trinajstić information content (AvgIpc) is 2.28. The van der Waals surface area contributed by atoms with E-state index in [1.165, 1.54) is 0 Å². The van der Waals surface area contributed by atoms with Crippen molar-refractivity contribution < 1.29 is 4.79 Å². The van der Waals surface area contributed by atoms with Crippen LogP contribution in [0.25, 0.3) is 0 Å². The molecule has 16 heavy (non-hydrogen) atoms. The molecule has 1 aromatic rings. The number of aryl methyl sites for hydroxylation is 1. The Hall–Kier alpha value is -1.34. The summed E-state index contributed by atoms with van der Waals surface area (Å²) in [4.78, 5) is 11.4. The van der Waals surface area contributed by atoms with Crippen LogP contribution in [-0.2, 0) is 4.79 Å². The van der Waals surface area contributed by atoms with E-state index in [1.54, 1.807) is 6.07 Å². The number of carbonyl (C=O) groups excluding carboxylic acids is 1. The smallest absolute Gasteiger partial charge is 0.238 e. The van der Waals surface area contributed by atoms with Crippen LogP contribution in [0.15, 0.2) is 18.2 Å². The third kappa shape index (κ3) is 2.83. The minimum absolute atomic E-state index is 0.121. The van der Waals surface area contributed by atoms with Gasteiger partial charge in [-0.2, -0.15) is 5.26 Å². The van der Waals surface area contributed by atoms with Crippen molar-refractivity contribution in [2.45, 2.75) is 25.1 Å². The van der Waals surface area contributed by atoms with Gasteiger partial charge in [-0.3, -0.25) is 4.79 Å². The van der Waals surface area contributed by atoms with Crippen LogP contribution in [0.2, 0.25) is 0 Å². The highest BCUT2D eigenvalue weighted by molar-refractivity contribution is 9.10. The molecule has 4 heteroatoms. The van der Waals surface area contributed by atoms with Crippen molar-refractivity contribution >= 4 is 27.5 Å². The second-order valence-electron chi connectivity index (χ2n) is 3.47. The summed E-state index contributed by atoms with van der Waals surface area (Å²) >= 11 is 3.27. The van der Waals surface area contributed by atoms with E-state index < -0.39 is 0 Å². The summed E-state index contributed by atoms with van der Waals surface area (Å²) in [6.45, 7) is 3.76. The van der Waals surface area contributed by atoms with Gasteiger partial charge in [0.1, 0.15) is 6.07 Å². The van der Waals surface area contributed by atoms with E-state index >= 15 is 0 Å². The molecule has 84 valence electrons. The number of nitrogens with zero attached hydrogens (tertiary/aromatic N) is 1. The van der Waals surface area contributed by atoms with E-state index in [4.69, 9.17) is 5.26 Å². The molecule has 1 N–H and O–H groups in total. The first-order chi connectivity index (χ1) is 7.60. The predicted molar refractivity (Wildman–Crippen MR) is 67.5 cm³/mol. The number of benzene rings is 1. The highest BCUT2D eigenvalue weighted by Gasteiger charge is 2.14. The largest absolute Gasteiger partial charge is 0.324 e. The maximum atomic E-state index is 11.7. The minimum atomic E-state index is -0.223. The van der Waals surface area contributed by atoms with Crippen LogP contribution in [0, 0.1) is 18.3 Å². The topological polar surface area (TPSA) is 52.9 Å². The number of alkyl halides is 1. The Morgan fingerprint density at radius 3 is 2.88 bits per heavy atom. The standard InChI is InChI=1S/C12H13BrN2O/c1-3-10(13)12(16)15-11-6-4-5-8(2)9(11)7-14/h4-6,10H,3H2,1-2H3,(H,15,16). The van der Waals surface area contributed by atoms with Crippen LogP contribution in [-0.4, -0.2) is 10.7 Å². The molecule has 1 rings (SSSR count). The summed E-state index contributed by atoms with van der Waals surface area (Å²) < 4.78 is 0.